The Balaban J connectivity index is 1.81. The fourth-order valence-electron chi connectivity index (χ4n) is 2.83. The topological polar surface area (TPSA) is 64.8 Å². The molecule has 0 fully saturated rings. The van der Waals surface area contributed by atoms with Gasteiger partial charge in [0.1, 0.15) is 0 Å². The number of nitriles is 1. The van der Waals surface area contributed by atoms with Gasteiger partial charge in [-0.2, -0.15) is 10.3 Å². The van der Waals surface area contributed by atoms with Crippen molar-refractivity contribution in [3.05, 3.63) is 95.0 Å². The molecule has 0 spiro atoms. The zero-order valence-electron chi connectivity index (χ0n) is 15.6. The van der Waals surface area contributed by atoms with E-state index in [1.807, 2.05) is 60.7 Å². The Morgan fingerprint density at radius 2 is 1.23 bits per heavy atom. The van der Waals surface area contributed by atoms with E-state index in [0.717, 1.165) is 16.8 Å². The maximum atomic E-state index is 9.74. The number of para-hydroxylation sites is 1. The number of anilines is 2. The van der Waals surface area contributed by atoms with Gasteiger partial charge in [-0.3, -0.25) is 5.43 Å². The number of halogens is 2. The third-order valence-corrected chi connectivity index (χ3v) is 4.81. The van der Waals surface area contributed by atoms with Gasteiger partial charge in [-0.1, -0.05) is 65.7 Å². The smallest absolute Gasteiger partial charge is 0.259 e. The summed E-state index contributed by atoms with van der Waals surface area (Å²) in [5.41, 5.74) is 6.81. The van der Waals surface area contributed by atoms with Crippen LogP contribution in [0.15, 0.2) is 84.9 Å². The molecule has 5 nitrogen and oxygen atoms in total. The molecular formula is C23H15Cl2N5. The van der Waals surface area contributed by atoms with Crippen molar-refractivity contribution in [2.45, 2.75) is 0 Å². The second kappa shape index (κ2) is 8.83. The lowest BCUT2D eigenvalue weighted by Crippen LogP contribution is -2.26. The third-order valence-electron chi connectivity index (χ3n) is 4.31. The molecule has 0 saturated carbocycles. The fourth-order valence-corrected chi connectivity index (χ4v) is 3.09. The summed E-state index contributed by atoms with van der Waals surface area (Å²) in [7, 11) is 0. The molecule has 1 heterocycles. The van der Waals surface area contributed by atoms with Crippen LogP contribution < -0.4 is 10.4 Å². The van der Waals surface area contributed by atoms with Crippen LogP contribution in [0.25, 0.3) is 22.5 Å². The Morgan fingerprint density at radius 1 is 0.733 bits per heavy atom. The molecule has 0 aliphatic rings. The van der Waals surface area contributed by atoms with Crippen molar-refractivity contribution in [1.82, 2.24) is 9.97 Å². The summed E-state index contributed by atoms with van der Waals surface area (Å²) in [5, 5.41) is 12.2. The second-order valence-electron chi connectivity index (χ2n) is 6.37. The number of nitrogens with zero attached hydrogens (tertiary/aromatic N) is 4. The van der Waals surface area contributed by atoms with Gasteiger partial charge in [-0.25, -0.2) is 9.97 Å². The first-order chi connectivity index (χ1) is 14.6. The third kappa shape index (κ3) is 4.52. The predicted molar refractivity (Wildman–Crippen MR) is 121 cm³/mol. The van der Waals surface area contributed by atoms with Crippen molar-refractivity contribution in [3.8, 4) is 28.7 Å². The standard InChI is InChI=1S/C23H15Cl2N5/c24-18-10-6-16(7-11-18)21-14-22(17-8-12-19(25)13-9-17)28-23(27-21)30(15-26)29-20-4-2-1-3-5-20/h1-14,29H. The van der Waals surface area contributed by atoms with Gasteiger partial charge in [0.05, 0.1) is 17.1 Å². The summed E-state index contributed by atoms with van der Waals surface area (Å²) in [6.07, 6.45) is 2.10. The number of benzene rings is 3. The lowest BCUT2D eigenvalue weighted by molar-refractivity contribution is 1.03. The average molecular weight is 432 g/mol. The highest BCUT2D eigenvalue weighted by atomic mass is 35.5. The minimum Gasteiger partial charge on any atom is -0.282 e. The molecule has 30 heavy (non-hydrogen) atoms. The number of hydrogen-bond donors (Lipinski definition) is 1. The van der Waals surface area contributed by atoms with E-state index >= 15 is 0 Å². The van der Waals surface area contributed by atoms with Gasteiger partial charge >= 0.3 is 0 Å². The highest BCUT2D eigenvalue weighted by Crippen LogP contribution is 2.28. The first-order valence-corrected chi connectivity index (χ1v) is 9.80. The average Bonchev–Trinajstić information content (AvgIpc) is 2.79. The molecule has 1 N–H and O–H groups in total. The summed E-state index contributed by atoms with van der Waals surface area (Å²) in [4.78, 5) is 9.21. The van der Waals surface area contributed by atoms with Crippen LogP contribution in [0, 0.1) is 11.5 Å². The monoisotopic (exact) mass is 431 g/mol. The minimum absolute atomic E-state index is 0.221. The largest absolute Gasteiger partial charge is 0.282 e. The molecule has 3 aromatic carbocycles. The molecule has 7 heteroatoms. The summed E-state index contributed by atoms with van der Waals surface area (Å²) in [5.74, 6) is 0.221. The predicted octanol–water partition coefficient (Wildman–Crippen LogP) is 6.43. The van der Waals surface area contributed by atoms with E-state index in [0.29, 0.717) is 21.4 Å². The summed E-state index contributed by atoms with van der Waals surface area (Å²) >= 11 is 12.1. The van der Waals surface area contributed by atoms with Gasteiger partial charge < -0.3 is 0 Å². The van der Waals surface area contributed by atoms with E-state index in [-0.39, 0.29) is 5.95 Å². The number of aromatic nitrogens is 2. The SMILES string of the molecule is N#CN(Nc1ccccc1)c1nc(-c2ccc(Cl)cc2)cc(-c2ccc(Cl)cc2)n1. The van der Waals surface area contributed by atoms with Crippen molar-refractivity contribution in [3.63, 3.8) is 0 Å². The van der Waals surface area contributed by atoms with Crippen LogP contribution >= 0.6 is 23.2 Å². The molecule has 0 saturated heterocycles. The van der Waals surface area contributed by atoms with Gasteiger partial charge in [0, 0.05) is 21.2 Å². The van der Waals surface area contributed by atoms with Crippen LogP contribution in [-0.4, -0.2) is 9.97 Å². The van der Waals surface area contributed by atoms with Crippen LogP contribution in [0.5, 0.6) is 0 Å². The first-order valence-electron chi connectivity index (χ1n) is 9.05. The Hall–Kier alpha value is -3.59. The molecule has 4 rings (SSSR count). The highest BCUT2D eigenvalue weighted by molar-refractivity contribution is 6.30. The zero-order valence-corrected chi connectivity index (χ0v) is 17.1. The minimum atomic E-state index is 0.221. The Kier molecular flexibility index (Phi) is 5.80. The lowest BCUT2D eigenvalue weighted by Gasteiger charge is -2.18. The van der Waals surface area contributed by atoms with Crippen molar-refractivity contribution >= 4 is 34.8 Å². The normalized spacial score (nSPS) is 10.3. The molecule has 0 radical (unpaired) electrons. The van der Waals surface area contributed by atoms with Crippen LogP contribution in [-0.2, 0) is 0 Å². The van der Waals surface area contributed by atoms with Crippen LogP contribution in [0.3, 0.4) is 0 Å². The Morgan fingerprint density at radius 3 is 1.70 bits per heavy atom. The Labute approximate surface area is 184 Å². The van der Waals surface area contributed by atoms with Crippen molar-refractivity contribution in [2.75, 3.05) is 10.4 Å². The lowest BCUT2D eigenvalue weighted by atomic mass is 10.1. The molecule has 1 aromatic heterocycles. The molecule has 0 bridgehead atoms. The van der Waals surface area contributed by atoms with Gasteiger partial charge in [-0.15, -0.1) is 0 Å². The van der Waals surface area contributed by atoms with Crippen molar-refractivity contribution in [1.29, 1.82) is 5.26 Å². The van der Waals surface area contributed by atoms with E-state index in [1.54, 1.807) is 24.3 Å². The fraction of sp³-hybridized carbons (Fsp3) is 0. The molecule has 0 aliphatic carbocycles. The number of rotatable bonds is 5. The molecule has 0 amide bonds. The van der Waals surface area contributed by atoms with E-state index in [2.05, 4.69) is 21.6 Å². The van der Waals surface area contributed by atoms with E-state index in [4.69, 9.17) is 23.2 Å². The molecular weight excluding hydrogens is 417 g/mol. The maximum Gasteiger partial charge on any atom is 0.259 e. The van der Waals surface area contributed by atoms with E-state index in [1.165, 1.54) is 5.01 Å². The number of hydrazine groups is 1. The first kappa shape index (κ1) is 19.7. The van der Waals surface area contributed by atoms with Gasteiger partial charge in [0.2, 0.25) is 6.19 Å². The van der Waals surface area contributed by atoms with Crippen molar-refractivity contribution < 1.29 is 0 Å². The van der Waals surface area contributed by atoms with Gasteiger partial charge in [0.25, 0.3) is 5.95 Å². The van der Waals surface area contributed by atoms with Gasteiger partial charge in [0.15, 0.2) is 0 Å². The molecule has 0 aliphatic heterocycles. The highest BCUT2D eigenvalue weighted by Gasteiger charge is 2.15. The molecule has 0 unspecified atom stereocenters. The van der Waals surface area contributed by atoms with Crippen LogP contribution in [0.1, 0.15) is 0 Å². The summed E-state index contributed by atoms with van der Waals surface area (Å²) in [6, 6.07) is 25.9. The zero-order chi connectivity index (χ0) is 20.9. The quantitative estimate of drug-likeness (QED) is 0.224. The van der Waals surface area contributed by atoms with Crippen LogP contribution in [0.4, 0.5) is 11.6 Å². The summed E-state index contributed by atoms with van der Waals surface area (Å²) < 4.78 is 0. The second-order valence-corrected chi connectivity index (χ2v) is 7.24. The summed E-state index contributed by atoms with van der Waals surface area (Å²) in [6.45, 7) is 0. The van der Waals surface area contributed by atoms with E-state index < -0.39 is 0 Å². The van der Waals surface area contributed by atoms with Crippen LogP contribution in [0.2, 0.25) is 10.0 Å². The molecule has 0 atom stereocenters. The van der Waals surface area contributed by atoms with Crippen molar-refractivity contribution in [2.24, 2.45) is 0 Å². The molecule has 4 aromatic rings. The van der Waals surface area contributed by atoms with E-state index in [9.17, 15) is 5.26 Å². The Bertz CT molecular complexity index is 1120. The molecule has 146 valence electrons. The number of hydrogen-bond acceptors (Lipinski definition) is 5. The number of nitrogens with one attached hydrogen (secondary N) is 1. The van der Waals surface area contributed by atoms with Gasteiger partial charge in [-0.05, 0) is 42.5 Å². The maximum absolute atomic E-state index is 9.74.